The number of fused-ring (bicyclic) bond motifs is 2. The van der Waals surface area contributed by atoms with Gasteiger partial charge < -0.3 is 9.88 Å². The van der Waals surface area contributed by atoms with Crippen LogP contribution in [0.1, 0.15) is 18.9 Å². The summed E-state index contributed by atoms with van der Waals surface area (Å²) >= 11 is 0. The highest BCUT2D eigenvalue weighted by Gasteiger charge is 2.29. The van der Waals surface area contributed by atoms with Gasteiger partial charge in [-0.05, 0) is 47.9 Å². The monoisotopic (exact) mass is 478 g/mol. The number of carbonyl (C=O) groups is 1. The molecule has 3 aromatic carbocycles. The first-order chi connectivity index (χ1) is 16.3. The molecule has 1 aromatic heterocycles. The van der Waals surface area contributed by atoms with E-state index in [0.29, 0.717) is 25.9 Å². The lowest BCUT2D eigenvalue weighted by atomic mass is 10.0. The minimum absolute atomic E-state index is 0.00763. The van der Waals surface area contributed by atoms with E-state index in [1.165, 1.54) is 7.05 Å². The number of rotatable bonds is 5. The lowest BCUT2D eigenvalue weighted by molar-refractivity contribution is -0.132. The number of para-hydroxylation sites is 2. The molecule has 0 spiro atoms. The standard InChI is InChI=1S/C25H26N4O4S/c1-27(34(32,33)21-11-10-18-6-2-3-7-19(18)16-21)17-24(30)28-14-12-20(13-15-28)29-23-9-5-4-8-22(23)26-25(29)31/h2-11,16,20H,12-15,17H2,1H3,(H,26,31). The van der Waals surface area contributed by atoms with Crippen LogP contribution in [0.3, 0.4) is 0 Å². The maximum Gasteiger partial charge on any atom is 0.326 e. The molecule has 8 nitrogen and oxygen atoms in total. The summed E-state index contributed by atoms with van der Waals surface area (Å²) in [6, 6.07) is 20.1. The second-order valence-corrected chi connectivity index (χ2v) is 10.7. The summed E-state index contributed by atoms with van der Waals surface area (Å²) in [4.78, 5) is 30.1. The van der Waals surface area contributed by atoms with Crippen LogP contribution in [-0.2, 0) is 14.8 Å². The van der Waals surface area contributed by atoms with Crippen molar-refractivity contribution in [3.05, 3.63) is 77.2 Å². The summed E-state index contributed by atoms with van der Waals surface area (Å²) < 4.78 is 29.0. The molecule has 0 bridgehead atoms. The van der Waals surface area contributed by atoms with Crippen molar-refractivity contribution in [3.63, 3.8) is 0 Å². The van der Waals surface area contributed by atoms with Crippen molar-refractivity contribution >= 4 is 37.7 Å². The molecule has 34 heavy (non-hydrogen) atoms. The smallest absolute Gasteiger partial charge is 0.326 e. The summed E-state index contributed by atoms with van der Waals surface area (Å²) in [6.45, 7) is 0.714. The van der Waals surface area contributed by atoms with Crippen LogP contribution in [0.2, 0.25) is 0 Å². The van der Waals surface area contributed by atoms with E-state index in [1.54, 1.807) is 27.7 Å². The number of nitrogens with one attached hydrogen (secondary N) is 1. The number of likely N-dealkylation sites (tertiary alicyclic amines) is 1. The van der Waals surface area contributed by atoms with Gasteiger partial charge in [0.25, 0.3) is 0 Å². The van der Waals surface area contributed by atoms with Gasteiger partial charge in [-0.25, -0.2) is 13.2 Å². The van der Waals surface area contributed by atoms with Gasteiger partial charge in [0.05, 0.1) is 22.5 Å². The maximum atomic E-state index is 13.1. The van der Waals surface area contributed by atoms with Gasteiger partial charge in [0.1, 0.15) is 0 Å². The SMILES string of the molecule is CN(CC(=O)N1CCC(n2c(=O)[nH]c3ccccc32)CC1)S(=O)(=O)c1ccc2ccccc2c1. The molecule has 0 radical (unpaired) electrons. The molecule has 1 fully saturated rings. The number of carbonyl (C=O) groups excluding carboxylic acids is 1. The van der Waals surface area contributed by atoms with Crippen LogP contribution in [0.15, 0.2) is 76.4 Å². The Morgan fingerprint density at radius 2 is 1.68 bits per heavy atom. The van der Waals surface area contributed by atoms with Crippen molar-refractivity contribution in [2.75, 3.05) is 26.7 Å². The molecule has 0 unspecified atom stereocenters. The molecular formula is C25H26N4O4S. The average molecular weight is 479 g/mol. The Balaban J connectivity index is 1.25. The third kappa shape index (κ3) is 4.01. The number of aromatic amines is 1. The number of benzene rings is 3. The summed E-state index contributed by atoms with van der Waals surface area (Å²) in [6.07, 6.45) is 1.27. The van der Waals surface area contributed by atoms with E-state index in [9.17, 15) is 18.0 Å². The van der Waals surface area contributed by atoms with E-state index in [2.05, 4.69) is 4.98 Å². The summed E-state index contributed by atoms with van der Waals surface area (Å²) in [7, 11) is -2.37. The Morgan fingerprint density at radius 3 is 2.44 bits per heavy atom. The first-order valence-electron chi connectivity index (χ1n) is 11.3. The van der Waals surface area contributed by atoms with E-state index in [4.69, 9.17) is 0 Å². The Bertz CT molecular complexity index is 1530. The molecule has 1 N–H and O–H groups in total. The zero-order valence-corrected chi connectivity index (χ0v) is 19.7. The predicted molar refractivity (Wildman–Crippen MR) is 131 cm³/mol. The van der Waals surface area contributed by atoms with E-state index in [0.717, 1.165) is 26.1 Å². The number of amides is 1. The van der Waals surface area contributed by atoms with Crippen molar-refractivity contribution in [3.8, 4) is 0 Å². The van der Waals surface area contributed by atoms with Crippen LogP contribution in [0.4, 0.5) is 0 Å². The van der Waals surface area contributed by atoms with Gasteiger partial charge in [0.2, 0.25) is 15.9 Å². The van der Waals surface area contributed by atoms with E-state index in [-0.39, 0.29) is 29.1 Å². The molecule has 0 atom stereocenters. The normalized spacial score (nSPS) is 15.4. The minimum atomic E-state index is -3.80. The zero-order chi connectivity index (χ0) is 23.9. The second kappa shape index (κ2) is 8.73. The molecule has 1 amide bonds. The zero-order valence-electron chi connectivity index (χ0n) is 18.8. The first kappa shape index (κ1) is 22.4. The van der Waals surface area contributed by atoms with E-state index < -0.39 is 10.0 Å². The summed E-state index contributed by atoms with van der Waals surface area (Å²) in [5, 5.41) is 1.79. The summed E-state index contributed by atoms with van der Waals surface area (Å²) in [5.41, 5.74) is 1.51. The molecule has 1 aliphatic rings. The number of imidazole rings is 1. The highest BCUT2D eigenvalue weighted by atomic mass is 32.2. The fourth-order valence-electron chi connectivity index (χ4n) is 4.69. The van der Waals surface area contributed by atoms with Crippen molar-refractivity contribution in [2.24, 2.45) is 0 Å². The molecule has 5 rings (SSSR count). The van der Waals surface area contributed by atoms with Gasteiger partial charge in [-0.3, -0.25) is 9.36 Å². The van der Waals surface area contributed by atoms with Gasteiger partial charge in [-0.2, -0.15) is 4.31 Å². The molecule has 176 valence electrons. The third-order valence-corrected chi connectivity index (χ3v) is 8.39. The van der Waals surface area contributed by atoms with Gasteiger partial charge >= 0.3 is 5.69 Å². The number of nitrogens with zero attached hydrogens (tertiary/aromatic N) is 3. The van der Waals surface area contributed by atoms with Gasteiger partial charge in [-0.1, -0.05) is 42.5 Å². The third-order valence-electron chi connectivity index (χ3n) is 6.59. The molecule has 1 aliphatic heterocycles. The average Bonchev–Trinajstić information content (AvgIpc) is 3.19. The van der Waals surface area contributed by atoms with E-state index in [1.807, 2.05) is 48.5 Å². The maximum absolute atomic E-state index is 13.1. The minimum Gasteiger partial charge on any atom is -0.341 e. The van der Waals surface area contributed by atoms with Gasteiger partial charge in [0, 0.05) is 26.2 Å². The number of H-pyrrole nitrogens is 1. The number of piperidine rings is 1. The quantitative estimate of drug-likeness (QED) is 0.477. The Kier molecular flexibility index (Phi) is 5.75. The molecule has 0 aliphatic carbocycles. The van der Waals surface area contributed by atoms with Crippen LogP contribution in [0.5, 0.6) is 0 Å². The Labute approximate surface area is 197 Å². The molecule has 9 heteroatoms. The van der Waals surface area contributed by atoms with Crippen LogP contribution in [0, 0.1) is 0 Å². The van der Waals surface area contributed by atoms with Crippen molar-refractivity contribution < 1.29 is 13.2 Å². The van der Waals surface area contributed by atoms with Gasteiger partial charge in [0.15, 0.2) is 0 Å². The lowest BCUT2D eigenvalue weighted by Crippen LogP contribution is -2.45. The Morgan fingerprint density at radius 1 is 1.00 bits per heavy atom. The van der Waals surface area contributed by atoms with Crippen LogP contribution < -0.4 is 5.69 Å². The van der Waals surface area contributed by atoms with Crippen LogP contribution in [0.25, 0.3) is 21.8 Å². The fourth-order valence-corrected chi connectivity index (χ4v) is 5.85. The molecule has 0 saturated carbocycles. The number of sulfonamides is 1. The number of hydrogen-bond donors (Lipinski definition) is 1. The van der Waals surface area contributed by atoms with Crippen molar-refractivity contribution in [2.45, 2.75) is 23.8 Å². The lowest BCUT2D eigenvalue weighted by Gasteiger charge is -2.33. The number of hydrogen-bond acceptors (Lipinski definition) is 4. The molecule has 2 heterocycles. The highest BCUT2D eigenvalue weighted by Crippen LogP contribution is 2.26. The largest absolute Gasteiger partial charge is 0.341 e. The number of likely N-dealkylation sites (N-methyl/N-ethyl adjacent to an activating group) is 1. The van der Waals surface area contributed by atoms with Crippen LogP contribution in [-0.4, -0.2) is 59.8 Å². The topological polar surface area (TPSA) is 95.5 Å². The Hall–Kier alpha value is -3.43. The van der Waals surface area contributed by atoms with Gasteiger partial charge in [-0.15, -0.1) is 0 Å². The number of aromatic nitrogens is 2. The first-order valence-corrected chi connectivity index (χ1v) is 12.7. The molecule has 4 aromatic rings. The second-order valence-electron chi connectivity index (χ2n) is 8.70. The van der Waals surface area contributed by atoms with Crippen molar-refractivity contribution in [1.29, 1.82) is 0 Å². The predicted octanol–water partition coefficient (Wildman–Crippen LogP) is 2.97. The molecular weight excluding hydrogens is 452 g/mol. The highest BCUT2D eigenvalue weighted by molar-refractivity contribution is 7.89. The molecule has 1 saturated heterocycles. The fraction of sp³-hybridized carbons (Fsp3) is 0.280. The van der Waals surface area contributed by atoms with E-state index >= 15 is 0 Å². The summed E-state index contributed by atoms with van der Waals surface area (Å²) in [5.74, 6) is -0.239. The van der Waals surface area contributed by atoms with Crippen LogP contribution >= 0.6 is 0 Å². The van der Waals surface area contributed by atoms with Crippen molar-refractivity contribution in [1.82, 2.24) is 18.8 Å².